The quantitative estimate of drug-likeness (QED) is 0.164. The Hall–Kier alpha value is -7.68. The Bertz CT molecular complexity index is 3340. The van der Waals surface area contributed by atoms with E-state index in [1.165, 1.54) is 76.7 Å². The van der Waals surface area contributed by atoms with E-state index in [0.717, 1.165) is 22.7 Å². The molecular formula is C57H38N2. The number of aromatic nitrogens is 1. The first-order chi connectivity index (χ1) is 29.3. The highest BCUT2D eigenvalue weighted by Crippen LogP contribution is 2.58. The third-order valence-corrected chi connectivity index (χ3v) is 12.6. The summed E-state index contributed by atoms with van der Waals surface area (Å²) in [5.41, 5.74) is 14.0. The number of fused-ring (bicyclic) bond motifs is 8. The van der Waals surface area contributed by atoms with Crippen molar-refractivity contribution in [2.75, 3.05) is 4.90 Å². The van der Waals surface area contributed by atoms with Crippen LogP contribution >= 0.6 is 0 Å². The Morgan fingerprint density at radius 3 is 1.59 bits per heavy atom. The van der Waals surface area contributed by atoms with Crippen molar-refractivity contribution in [2.45, 2.75) is 5.41 Å². The molecule has 0 bridgehead atoms. The second-order valence-corrected chi connectivity index (χ2v) is 15.7. The second-order valence-electron chi connectivity index (χ2n) is 15.7. The average Bonchev–Trinajstić information content (AvgIpc) is 3.78. The van der Waals surface area contributed by atoms with Crippen LogP contribution in [-0.4, -0.2) is 4.57 Å². The van der Waals surface area contributed by atoms with Gasteiger partial charge in [-0.2, -0.15) is 0 Å². The summed E-state index contributed by atoms with van der Waals surface area (Å²) in [6.07, 6.45) is 0. The number of para-hydroxylation sites is 2. The van der Waals surface area contributed by atoms with Crippen molar-refractivity contribution < 1.29 is 0 Å². The van der Waals surface area contributed by atoms with Gasteiger partial charge in [0.25, 0.3) is 0 Å². The van der Waals surface area contributed by atoms with Crippen LogP contribution in [0.5, 0.6) is 0 Å². The van der Waals surface area contributed by atoms with E-state index >= 15 is 0 Å². The van der Waals surface area contributed by atoms with Crippen molar-refractivity contribution in [3.63, 3.8) is 0 Å². The summed E-state index contributed by atoms with van der Waals surface area (Å²) in [7, 11) is 0. The van der Waals surface area contributed by atoms with E-state index in [9.17, 15) is 0 Å². The highest BCUT2D eigenvalue weighted by Gasteiger charge is 2.46. The molecule has 0 saturated heterocycles. The van der Waals surface area contributed by atoms with Gasteiger partial charge in [0.2, 0.25) is 0 Å². The van der Waals surface area contributed by atoms with Crippen LogP contribution < -0.4 is 4.90 Å². The number of nitrogens with zero attached hydrogens (tertiary/aromatic N) is 2. The van der Waals surface area contributed by atoms with Gasteiger partial charge < -0.3 is 9.47 Å². The van der Waals surface area contributed by atoms with Crippen LogP contribution in [0.15, 0.2) is 231 Å². The molecule has 1 heterocycles. The topological polar surface area (TPSA) is 8.17 Å². The number of hydrogen-bond acceptors (Lipinski definition) is 1. The van der Waals surface area contributed by atoms with Crippen molar-refractivity contribution in [3.05, 3.63) is 253 Å². The Balaban J connectivity index is 1.11. The lowest BCUT2D eigenvalue weighted by atomic mass is 9.67. The highest BCUT2D eigenvalue weighted by molar-refractivity contribution is 6.11. The standard InChI is InChI=1S/C57H38N2/c1-4-20-43(21-5-1)57(44-22-6-2-7-23-44)53-36-42-19-13-12-18-41(42)35-51(53)49-32-30-48(38-54(49)57)58(45-24-8-3-9-25-45)47-31-33-56-52(37-47)50-26-14-15-27-55(50)59(56)46-29-28-39-16-10-11-17-40(39)34-46/h1-38H. The molecule has 12 rings (SSSR count). The highest BCUT2D eigenvalue weighted by atomic mass is 15.1. The Morgan fingerprint density at radius 2 is 0.864 bits per heavy atom. The monoisotopic (exact) mass is 750 g/mol. The van der Waals surface area contributed by atoms with Gasteiger partial charge in [-0.1, -0.05) is 158 Å². The van der Waals surface area contributed by atoms with E-state index in [1.54, 1.807) is 0 Å². The molecule has 2 nitrogen and oxygen atoms in total. The fourth-order valence-corrected chi connectivity index (χ4v) is 10.0. The lowest BCUT2D eigenvalue weighted by Crippen LogP contribution is -2.28. The number of hydrogen-bond donors (Lipinski definition) is 0. The Labute approximate surface area is 343 Å². The minimum Gasteiger partial charge on any atom is -0.310 e. The van der Waals surface area contributed by atoms with Crippen LogP contribution in [0.4, 0.5) is 17.1 Å². The van der Waals surface area contributed by atoms with Crippen molar-refractivity contribution in [1.29, 1.82) is 0 Å². The first-order valence-electron chi connectivity index (χ1n) is 20.4. The maximum Gasteiger partial charge on any atom is 0.0714 e. The minimum absolute atomic E-state index is 0.535. The molecule has 0 amide bonds. The van der Waals surface area contributed by atoms with Crippen molar-refractivity contribution in [2.24, 2.45) is 0 Å². The molecule has 0 saturated carbocycles. The molecule has 0 spiro atoms. The van der Waals surface area contributed by atoms with Crippen molar-refractivity contribution in [3.8, 4) is 16.8 Å². The lowest BCUT2D eigenvalue weighted by molar-refractivity contribution is 0.769. The summed E-state index contributed by atoms with van der Waals surface area (Å²) in [5, 5.41) is 7.42. The van der Waals surface area contributed by atoms with Gasteiger partial charge in [-0.25, -0.2) is 0 Å². The molecule has 0 unspecified atom stereocenters. The van der Waals surface area contributed by atoms with Crippen LogP contribution in [0.25, 0.3) is 60.2 Å². The summed E-state index contributed by atoms with van der Waals surface area (Å²) in [4.78, 5) is 2.43. The zero-order valence-corrected chi connectivity index (χ0v) is 32.3. The van der Waals surface area contributed by atoms with Crippen LogP contribution in [0.3, 0.4) is 0 Å². The van der Waals surface area contributed by atoms with E-state index in [4.69, 9.17) is 0 Å². The molecule has 0 radical (unpaired) electrons. The van der Waals surface area contributed by atoms with Gasteiger partial charge in [-0.15, -0.1) is 0 Å². The Kier molecular flexibility index (Phi) is 7.48. The molecule has 1 aliphatic rings. The predicted octanol–water partition coefficient (Wildman–Crippen LogP) is 14.9. The summed E-state index contributed by atoms with van der Waals surface area (Å²) in [5.74, 6) is 0. The third-order valence-electron chi connectivity index (χ3n) is 12.6. The van der Waals surface area contributed by atoms with Gasteiger partial charge in [0.05, 0.1) is 16.4 Å². The van der Waals surface area contributed by atoms with Gasteiger partial charge in [-0.3, -0.25) is 0 Å². The number of rotatable bonds is 6. The zero-order chi connectivity index (χ0) is 38.9. The molecule has 11 aromatic rings. The van der Waals surface area contributed by atoms with E-state index in [-0.39, 0.29) is 0 Å². The molecule has 0 aliphatic heterocycles. The maximum atomic E-state index is 2.47. The third kappa shape index (κ3) is 5.06. The summed E-state index contributed by atoms with van der Waals surface area (Å²) >= 11 is 0. The first-order valence-corrected chi connectivity index (χ1v) is 20.4. The molecule has 0 N–H and O–H groups in total. The molecule has 0 atom stereocenters. The van der Waals surface area contributed by atoms with E-state index in [0.29, 0.717) is 0 Å². The van der Waals surface area contributed by atoms with Crippen LogP contribution in [-0.2, 0) is 5.41 Å². The van der Waals surface area contributed by atoms with E-state index < -0.39 is 5.41 Å². The van der Waals surface area contributed by atoms with Gasteiger partial charge >= 0.3 is 0 Å². The molecule has 276 valence electrons. The van der Waals surface area contributed by atoms with Crippen LogP contribution in [0, 0.1) is 0 Å². The summed E-state index contributed by atoms with van der Waals surface area (Å²) in [6.45, 7) is 0. The normalized spacial score (nSPS) is 12.9. The van der Waals surface area contributed by atoms with Gasteiger partial charge in [0.1, 0.15) is 0 Å². The fourth-order valence-electron chi connectivity index (χ4n) is 10.0. The maximum absolute atomic E-state index is 2.47. The molecular weight excluding hydrogens is 713 g/mol. The molecule has 2 heteroatoms. The van der Waals surface area contributed by atoms with E-state index in [1.807, 2.05) is 0 Å². The molecule has 10 aromatic carbocycles. The largest absolute Gasteiger partial charge is 0.310 e. The molecule has 1 aliphatic carbocycles. The van der Waals surface area contributed by atoms with Crippen molar-refractivity contribution in [1.82, 2.24) is 4.57 Å². The average molecular weight is 751 g/mol. The summed E-state index contributed by atoms with van der Waals surface area (Å²) < 4.78 is 2.42. The minimum atomic E-state index is -0.535. The fraction of sp³-hybridized carbons (Fsp3) is 0.0175. The van der Waals surface area contributed by atoms with Gasteiger partial charge in [0.15, 0.2) is 0 Å². The van der Waals surface area contributed by atoms with Gasteiger partial charge in [-0.05, 0) is 128 Å². The molecule has 0 fully saturated rings. The number of anilines is 3. The smallest absolute Gasteiger partial charge is 0.0714 e. The second kappa shape index (κ2) is 13.2. The van der Waals surface area contributed by atoms with E-state index in [2.05, 4.69) is 240 Å². The van der Waals surface area contributed by atoms with Crippen molar-refractivity contribution >= 4 is 60.4 Å². The lowest BCUT2D eigenvalue weighted by Gasteiger charge is -2.35. The zero-order valence-electron chi connectivity index (χ0n) is 32.3. The molecule has 59 heavy (non-hydrogen) atoms. The first kappa shape index (κ1) is 33.5. The van der Waals surface area contributed by atoms with Gasteiger partial charge in [0, 0.05) is 33.5 Å². The SMILES string of the molecule is c1ccc(N(c2ccc3c(c2)C(c2ccccc2)(c2ccccc2)c2cc4ccccc4cc2-3)c2ccc3c(c2)c2ccccc2n3-c2ccc3ccccc3c2)cc1. The predicted molar refractivity (Wildman–Crippen MR) is 248 cm³/mol. The number of benzene rings is 10. The van der Waals surface area contributed by atoms with Crippen LogP contribution in [0.2, 0.25) is 0 Å². The van der Waals surface area contributed by atoms with Crippen LogP contribution in [0.1, 0.15) is 22.3 Å². The molecule has 1 aromatic heterocycles. The Morgan fingerprint density at radius 1 is 0.322 bits per heavy atom. The summed E-state index contributed by atoms with van der Waals surface area (Å²) in [6, 6.07) is 85.0.